The predicted molar refractivity (Wildman–Crippen MR) is 83.8 cm³/mol. The average Bonchev–Trinajstić information content (AvgIpc) is 2.80. The van der Waals surface area contributed by atoms with Crippen LogP contribution in [0.2, 0.25) is 0 Å². The lowest BCUT2D eigenvalue weighted by atomic mass is 9.87. The van der Waals surface area contributed by atoms with Gasteiger partial charge in [-0.05, 0) is 5.57 Å². The molecule has 1 aliphatic heterocycles. The fourth-order valence-electron chi connectivity index (χ4n) is 2.66. The second kappa shape index (κ2) is 6.31. The number of allylic oxidation sites excluding steroid dienone is 5. The third kappa shape index (κ3) is 3.34. The van der Waals surface area contributed by atoms with Crippen LogP contribution in [-0.2, 0) is 4.79 Å². The van der Waals surface area contributed by atoms with E-state index >= 15 is 0 Å². The van der Waals surface area contributed by atoms with Crippen molar-refractivity contribution in [2.75, 3.05) is 0 Å². The lowest BCUT2D eigenvalue weighted by molar-refractivity contribution is -0.124. The number of aliphatic imine (C=N–C) groups is 1. The van der Waals surface area contributed by atoms with Crippen molar-refractivity contribution in [3.8, 4) is 0 Å². The normalized spacial score (nSPS) is 22.0. The van der Waals surface area contributed by atoms with E-state index in [1.165, 1.54) is 5.57 Å². The molecule has 2 aliphatic rings. The van der Waals surface area contributed by atoms with Gasteiger partial charge in [0.15, 0.2) is 5.78 Å². The van der Waals surface area contributed by atoms with E-state index in [1.807, 2.05) is 26.1 Å². The highest BCUT2D eigenvalue weighted by molar-refractivity contribution is 5.99. The average molecular weight is 272 g/mol. The standard InChI is InChI=1S/C17H24N2O/c1-11(2)17(20)16(19-12(3)4)9-15-14-8-6-5-7-13(14)10-18-15/h5-8,10-12,14,16,19H,9H2,1-4H3/t14?,16-/m0/s1. The van der Waals surface area contributed by atoms with E-state index in [9.17, 15) is 4.79 Å². The molecule has 0 radical (unpaired) electrons. The van der Waals surface area contributed by atoms with Crippen LogP contribution >= 0.6 is 0 Å². The summed E-state index contributed by atoms with van der Waals surface area (Å²) in [5.74, 6) is 0.573. The highest BCUT2D eigenvalue weighted by Gasteiger charge is 2.29. The molecule has 1 heterocycles. The van der Waals surface area contributed by atoms with Gasteiger partial charge in [0.25, 0.3) is 0 Å². The molecule has 2 rings (SSSR count). The fraction of sp³-hybridized carbons (Fsp3) is 0.529. The molecule has 3 heteroatoms. The molecule has 3 nitrogen and oxygen atoms in total. The van der Waals surface area contributed by atoms with Crippen molar-refractivity contribution in [3.05, 3.63) is 36.1 Å². The minimum atomic E-state index is -0.138. The molecule has 0 aromatic heterocycles. The summed E-state index contributed by atoms with van der Waals surface area (Å²) in [6.45, 7) is 8.06. The lowest BCUT2D eigenvalue weighted by Gasteiger charge is -2.24. The Bertz CT molecular complexity index is 495. The van der Waals surface area contributed by atoms with Crippen molar-refractivity contribution >= 4 is 11.5 Å². The number of carbonyl (C=O) groups is 1. The minimum Gasteiger partial charge on any atom is -0.305 e. The molecule has 2 atom stereocenters. The molecule has 0 aromatic carbocycles. The van der Waals surface area contributed by atoms with Crippen LogP contribution in [0.1, 0.15) is 34.1 Å². The molecule has 108 valence electrons. The van der Waals surface area contributed by atoms with Crippen LogP contribution in [0.3, 0.4) is 0 Å². The summed E-state index contributed by atoms with van der Waals surface area (Å²) < 4.78 is 0. The SMILES string of the molecule is CC(C)N[C@@H](CC1=NC=C2C=CC=CC21)C(=O)C(C)C. The van der Waals surface area contributed by atoms with Crippen LogP contribution < -0.4 is 5.32 Å². The van der Waals surface area contributed by atoms with Gasteiger partial charge in [0.05, 0.1) is 6.04 Å². The highest BCUT2D eigenvalue weighted by Crippen LogP contribution is 2.28. The molecule has 0 spiro atoms. The number of hydrogen-bond donors (Lipinski definition) is 1. The summed E-state index contributed by atoms with van der Waals surface area (Å²) >= 11 is 0. The second-order valence-electron chi connectivity index (χ2n) is 6.11. The lowest BCUT2D eigenvalue weighted by Crippen LogP contribution is -2.44. The number of nitrogens with zero attached hydrogens (tertiary/aromatic N) is 1. The van der Waals surface area contributed by atoms with Crippen LogP contribution in [-0.4, -0.2) is 23.6 Å². The molecule has 1 N–H and O–H groups in total. The van der Waals surface area contributed by atoms with Gasteiger partial charge in [-0.15, -0.1) is 0 Å². The molecule has 20 heavy (non-hydrogen) atoms. The third-order valence-electron chi connectivity index (χ3n) is 3.66. The second-order valence-corrected chi connectivity index (χ2v) is 6.11. The Balaban J connectivity index is 2.07. The first-order valence-corrected chi connectivity index (χ1v) is 7.40. The zero-order valence-electron chi connectivity index (χ0n) is 12.8. The van der Waals surface area contributed by atoms with Crippen molar-refractivity contribution in [2.45, 2.75) is 46.2 Å². The van der Waals surface area contributed by atoms with E-state index in [4.69, 9.17) is 0 Å². The van der Waals surface area contributed by atoms with Crippen molar-refractivity contribution in [3.63, 3.8) is 0 Å². The van der Waals surface area contributed by atoms with Crippen LogP contribution in [0, 0.1) is 11.8 Å². The van der Waals surface area contributed by atoms with Crippen LogP contribution in [0.15, 0.2) is 41.1 Å². The molecule has 1 unspecified atom stereocenters. The Morgan fingerprint density at radius 2 is 2.05 bits per heavy atom. The molecule has 0 fully saturated rings. The number of hydrogen-bond acceptors (Lipinski definition) is 3. The van der Waals surface area contributed by atoms with Gasteiger partial charge in [-0.1, -0.05) is 52.0 Å². The Labute approximate surface area is 121 Å². The first-order valence-electron chi connectivity index (χ1n) is 7.40. The number of Topliss-reactive ketones (excluding diaryl/α,β-unsaturated/α-hetero) is 1. The zero-order valence-corrected chi connectivity index (χ0v) is 12.8. The quantitative estimate of drug-likeness (QED) is 0.807. The van der Waals surface area contributed by atoms with Crippen LogP contribution in [0.25, 0.3) is 0 Å². The first-order chi connectivity index (χ1) is 9.49. The summed E-state index contributed by atoms with van der Waals surface area (Å²) in [5.41, 5.74) is 2.32. The number of carbonyl (C=O) groups excluding carboxylic acids is 1. The maximum Gasteiger partial charge on any atom is 0.152 e. The van der Waals surface area contributed by atoms with Crippen molar-refractivity contribution in [1.29, 1.82) is 0 Å². The van der Waals surface area contributed by atoms with E-state index in [0.717, 1.165) is 5.71 Å². The summed E-state index contributed by atoms with van der Waals surface area (Å²) in [5, 5.41) is 3.39. The molecule has 1 aliphatic carbocycles. The molecule has 0 saturated heterocycles. The predicted octanol–water partition coefficient (Wildman–Crippen LogP) is 3.05. The molecular formula is C17H24N2O. The molecule has 0 bridgehead atoms. The summed E-state index contributed by atoms with van der Waals surface area (Å²) in [6, 6.07) is 0.153. The van der Waals surface area contributed by atoms with Gasteiger partial charge in [0, 0.05) is 36.2 Å². The van der Waals surface area contributed by atoms with Gasteiger partial charge in [-0.3, -0.25) is 9.79 Å². The summed E-state index contributed by atoms with van der Waals surface area (Å²) in [4.78, 5) is 16.9. The third-order valence-corrected chi connectivity index (χ3v) is 3.66. The summed E-state index contributed by atoms with van der Waals surface area (Å²) in [7, 11) is 0. The fourth-order valence-corrected chi connectivity index (χ4v) is 2.66. The minimum absolute atomic E-state index is 0.0440. The van der Waals surface area contributed by atoms with Gasteiger partial charge < -0.3 is 5.32 Å². The van der Waals surface area contributed by atoms with E-state index in [0.29, 0.717) is 12.5 Å². The van der Waals surface area contributed by atoms with Crippen LogP contribution in [0.5, 0.6) is 0 Å². The van der Waals surface area contributed by atoms with E-state index in [-0.39, 0.29) is 23.7 Å². The topological polar surface area (TPSA) is 41.5 Å². The van der Waals surface area contributed by atoms with Gasteiger partial charge in [0.1, 0.15) is 0 Å². The maximum absolute atomic E-state index is 12.4. The highest BCUT2D eigenvalue weighted by atomic mass is 16.1. The Morgan fingerprint density at radius 1 is 1.30 bits per heavy atom. The smallest absolute Gasteiger partial charge is 0.152 e. The monoisotopic (exact) mass is 272 g/mol. The molecule has 0 aromatic rings. The summed E-state index contributed by atoms with van der Waals surface area (Å²) in [6.07, 6.45) is 11.0. The van der Waals surface area contributed by atoms with Crippen molar-refractivity contribution in [1.82, 2.24) is 5.32 Å². The van der Waals surface area contributed by atoms with Crippen molar-refractivity contribution < 1.29 is 4.79 Å². The Kier molecular flexibility index (Phi) is 4.71. The number of nitrogens with one attached hydrogen (secondary N) is 1. The first kappa shape index (κ1) is 14.9. The molecular weight excluding hydrogens is 248 g/mol. The number of rotatable bonds is 6. The number of ketones is 1. The Hall–Kier alpha value is -1.48. The van der Waals surface area contributed by atoms with E-state index < -0.39 is 0 Å². The van der Waals surface area contributed by atoms with Crippen molar-refractivity contribution in [2.24, 2.45) is 16.8 Å². The van der Waals surface area contributed by atoms with Gasteiger partial charge >= 0.3 is 0 Å². The van der Waals surface area contributed by atoms with Crippen LogP contribution in [0.4, 0.5) is 0 Å². The largest absolute Gasteiger partial charge is 0.305 e. The maximum atomic E-state index is 12.4. The van der Waals surface area contributed by atoms with Gasteiger partial charge in [-0.2, -0.15) is 0 Å². The van der Waals surface area contributed by atoms with Gasteiger partial charge in [-0.25, -0.2) is 0 Å². The van der Waals surface area contributed by atoms with E-state index in [2.05, 4.69) is 42.4 Å². The van der Waals surface area contributed by atoms with Gasteiger partial charge in [0.2, 0.25) is 0 Å². The molecule has 0 amide bonds. The number of fused-ring (bicyclic) bond motifs is 1. The Morgan fingerprint density at radius 3 is 2.70 bits per heavy atom. The zero-order chi connectivity index (χ0) is 14.7. The van der Waals surface area contributed by atoms with E-state index in [1.54, 1.807) is 0 Å². The molecule has 0 saturated carbocycles.